The fraction of sp³-hybridized carbons (Fsp3) is 0.800. The summed E-state index contributed by atoms with van der Waals surface area (Å²) in [5, 5.41) is 9.76. The van der Waals surface area contributed by atoms with Gasteiger partial charge in [-0.25, -0.2) is 5.84 Å². The van der Waals surface area contributed by atoms with Crippen molar-refractivity contribution in [2.75, 3.05) is 18.5 Å². The number of aromatic nitrogens is 2. The Bertz CT molecular complexity index is 339. The van der Waals surface area contributed by atoms with Crippen LogP contribution < -0.4 is 11.3 Å². The maximum Gasteiger partial charge on any atom is 0.219 e. The summed E-state index contributed by atoms with van der Waals surface area (Å²) in [6, 6.07) is 0. The molecule has 1 fully saturated rings. The van der Waals surface area contributed by atoms with Crippen LogP contribution in [0, 0.1) is 5.41 Å². The van der Waals surface area contributed by atoms with Gasteiger partial charge in [0.15, 0.2) is 0 Å². The molecule has 1 aliphatic rings. The third-order valence-corrected chi connectivity index (χ3v) is 4.00. The van der Waals surface area contributed by atoms with E-state index in [1.54, 1.807) is 0 Å². The molecule has 0 atom stereocenters. The first-order valence-corrected chi connectivity index (χ1v) is 6.42. The number of nitrogens with zero attached hydrogens (tertiary/aromatic N) is 3. The summed E-state index contributed by atoms with van der Waals surface area (Å²) in [6.45, 7) is 7.88. The molecule has 0 aromatic carbocycles. The molecule has 1 aromatic rings. The first-order valence-electron chi connectivity index (χ1n) is 5.60. The molecule has 1 saturated heterocycles. The fourth-order valence-electron chi connectivity index (χ4n) is 1.88. The second-order valence-corrected chi connectivity index (χ2v) is 6.15. The number of rotatable bonds is 3. The minimum atomic E-state index is 0.502. The highest BCUT2D eigenvalue weighted by molar-refractivity contribution is 7.15. The minimum Gasteiger partial charge on any atom is -0.298 e. The second kappa shape index (κ2) is 4.65. The lowest BCUT2D eigenvalue weighted by molar-refractivity contribution is 0.127. The van der Waals surface area contributed by atoms with E-state index in [1.165, 1.54) is 24.2 Å². The molecule has 0 saturated carbocycles. The van der Waals surface area contributed by atoms with Crippen LogP contribution in [-0.4, -0.2) is 28.2 Å². The van der Waals surface area contributed by atoms with E-state index in [9.17, 15) is 0 Å². The molecular weight excluding hydrogens is 222 g/mol. The molecule has 0 bridgehead atoms. The summed E-state index contributed by atoms with van der Waals surface area (Å²) in [5.41, 5.74) is 3.03. The minimum absolute atomic E-state index is 0.502. The van der Waals surface area contributed by atoms with Crippen molar-refractivity contribution in [3.05, 3.63) is 5.01 Å². The molecule has 0 unspecified atom stereocenters. The molecule has 3 N–H and O–H groups in total. The zero-order valence-corrected chi connectivity index (χ0v) is 10.7. The van der Waals surface area contributed by atoms with Gasteiger partial charge in [-0.15, -0.1) is 10.2 Å². The molecule has 1 aliphatic heterocycles. The first-order chi connectivity index (χ1) is 7.59. The molecule has 6 heteroatoms. The smallest absolute Gasteiger partial charge is 0.219 e. The molecule has 90 valence electrons. The van der Waals surface area contributed by atoms with Crippen molar-refractivity contribution >= 4 is 16.5 Å². The summed E-state index contributed by atoms with van der Waals surface area (Å²) >= 11 is 1.53. The molecule has 16 heavy (non-hydrogen) atoms. The van der Waals surface area contributed by atoms with Crippen LogP contribution in [0.25, 0.3) is 0 Å². The van der Waals surface area contributed by atoms with Crippen molar-refractivity contribution in [2.24, 2.45) is 11.3 Å². The standard InChI is InChI=1S/C10H19N5S/c1-10(2)3-5-15(6-4-10)7-8-13-14-9(12-11)16-8/h3-7,11H2,1-2H3,(H,12,14). The summed E-state index contributed by atoms with van der Waals surface area (Å²) < 4.78 is 0. The number of likely N-dealkylation sites (tertiary alicyclic amines) is 1. The molecule has 2 heterocycles. The lowest BCUT2D eigenvalue weighted by atomic mass is 9.83. The maximum absolute atomic E-state index is 5.28. The van der Waals surface area contributed by atoms with Gasteiger partial charge >= 0.3 is 0 Å². The van der Waals surface area contributed by atoms with Crippen molar-refractivity contribution < 1.29 is 0 Å². The summed E-state index contributed by atoms with van der Waals surface area (Å²) in [5.74, 6) is 5.28. The van der Waals surface area contributed by atoms with Crippen molar-refractivity contribution in [2.45, 2.75) is 33.2 Å². The molecule has 5 nitrogen and oxygen atoms in total. The van der Waals surface area contributed by atoms with Gasteiger partial charge < -0.3 is 0 Å². The van der Waals surface area contributed by atoms with Crippen LogP contribution in [-0.2, 0) is 6.54 Å². The van der Waals surface area contributed by atoms with Crippen molar-refractivity contribution in [1.29, 1.82) is 0 Å². The number of hydrazine groups is 1. The molecule has 2 rings (SSSR count). The molecule has 0 spiro atoms. The normalized spacial score (nSPS) is 20.9. The highest BCUT2D eigenvalue weighted by atomic mass is 32.1. The van der Waals surface area contributed by atoms with Crippen LogP contribution in [0.1, 0.15) is 31.7 Å². The summed E-state index contributed by atoms with van der Waals surface area (Å²) in [4.78, 5) is 2.44. The van der Waals surface area contributed by atoms with Gasteiger partial charge in [-0.2, -0.15) is 0 Å². The van der Waals surface area contributed by atoms with Crippen LogP contribution >= 0.6 is 11.3 Å². The van der Waals surface area contributed by atoms with Gasteiger partial charge in [0.1, 0.15) is 5.01 Å². The average molecular weight is 241 g/mol. The third-order valence-electron chi connectivity index (χ3n) is 3.16. The van der Waals surface area contributed by atoms with E-state index in [2.05, 4.69) is 34.4 Å². The molecule has 0 radical (unpaired) electrons. The number of nitrogen functional groups attached to an aromatic ring is 1. The van der Waals surface area contributed by atoms with Gasteiger partial charge in [0, 0.05) is 0 Å². The number of hydrogen-bond acceptors (Lipinski definition) is 6. The van der Waals surface area contributed by atoms with Gasteiger partial charge in [-0.05, 0) is 31.3 Å². The van der Waals surface area contributed by atoms with E-state index in [0.717, 1.165) is 24.6 Å². The molecule has 0 aliphatic carbocycles. The van der Waals surface area contributed by atoms with Crippen LogP contribution in [0.15, 0.2) is 0 Å². The topological polar surface area (TPSA) is 67.1 Å². The fourth-order valence-corrected chi connectivity index (χ4v) is 2.58. The van der Waals surface area contributed by atoms with Gasteiger partial charge in [-0.1, -0.05) is 25.2 Å². The van der Waals surface area contributed by atoms with Gasteiger partial charge in [0.05, 0.1) is 6.54 Å². The number of hydrogen-bond donors (Lipinski definition) is 2. The highest BCUT2D eigenvalue weighted by Gasteiger charge is 2.25. The Morgan fingerprint density at radius 2 is 2.06 bits per heavy atom. The SMILES string of the molecule is CC1(C)CCN(Cc2nnc(NN)s2)CC1. The number of anilines is 1. The van der Waals surface area contributed by atoms with E-state index < -0.39 is 0 Å². The lowest BCUT2D eigenvalue weighted by Crippen LogP contribution is -2.36. The third kappa shape index (κ3) is 2.90. The van der Waals surface area contributed by atoms with Crippen LogP contribution in [0.4, 0.5) is 5.13 Å². The molecule has 0 amide bonds. The van der Waals surface area contributed by atoms with Crippen molar-refractivity contribution in [1.82, 2.24) is 15.1 Å². The van der Waals surface area contributed by atoms with Gasteiger partial charge in [0.2, 0.25) is 5.13 Å². The molecular formula is C10H19N5S. The predicted molar refractivity (Wildman–Crippen MR) is 66.0 cm³/mol. The number of piperidine rings is 1. The Labute approximate surface area is 100 Å². The predicted octanol–water partition coefficient (Wildman–Crippen LogP) is 1.45. The van der Waals surface area contributed by atoms with Gasteiger partial charge in [0.25, 0.3) is 0 Å². The van der Waals surface area contributed by atoms with E-state index in [-0.39, 0.29) is 0 Å². The second-order valence-electron chi connectivity index (χ2n) is 5.09. The first kappa shape index (κ1) is 11.8. The Morgan fingerprint density at radius 1 is 1.38 bits per heavy atom. The zero-order chi connectivity index (χ0) is 11.6. The summed E-state index contributed by atoms with van der Waals surface area (Å²) in [7, 11) is 0. The van der Waals surface area contributed by atoms with E-state index in [4.69, 9.17) is 5.84 Å². The van der Waals surface area contributed by atoms with Crippen molar-refractivity contribution in [3.63, 3.8) is 0 Å². The monoisotopic (exact) mass is 241 g/mol. The van der Waals surface area contributed by atoms with Crippen LogP contribution in [0.3, 0.4) is 0 Å². The van der Waals surface area contributed by atoms with E-state index in [0.29, 0.717) is 10.5 Å². The largest absolute Gasteiger partial charge is 0.298 e. The lowest BCUT2D eigenvalue weighted by Gasteiger charge is -2.36. The maximum atomic E-state index is 5.28. The Morgan fingerprint density at radius 3 is 2.62 bits per heavy atom. The quantitative estimate of drug-likeness (QED) is 0.619. The number of nitrogens with two attached hydrogens (primary N) is 1. The van der Waals surface area contributed by atoms with Gasteiger partial charge in [-0.3, -0.25) is 10.3 Å². The zero-order valence-electron chi connectivity index (χ0n) is 9.86. The highest BCUT2D eigenvalue weighted by Crippen LogP contribution is 2.30. The Kier molecular flexibility index (Phi) is 3.41. The Hall–Kier alpha value is -0.720. The van der Waals surface area contributed by atoms with Crippen molar-refractivity contribution in [3.8, 4) is 0 Å². The molecule has 1 aromatic heterocycles. The average Bonchev–Trinajstić information content (AvgIpc) is 2.69. The van der Waals surface area contributed by atoms with Crippen LogP contribution in [0.2, 0.25) is 0 Å². The van der Waals surface area contributed by atoms with Crippen LogP contribution in [0.5, 0.6) is 0 Å². The summed E-state index contributed by atoms with van der Waals surface area (Å²) in [6.07, 6.45) is 2.52. The Balaban J connectivity index is 1.87. The van der Waals surface area contributed by atoms with E-state index in [1.807, 2.05) is 0 Å². The number of nitrogens with one attached hydrogen (secondary N) is 1. The van der Waals surface area contributed by atoms with E-state index >= 15 is 0 Å².